The molecular weight excluding hydrogens is 298 g/mol. The predicted octanol–water partition coefficient (Wildman–Crippen LogP) is 6.04. The Morgan fingerprint density at radius 3 is 2.41 bits per heavy atom. The van der Waals surface area contributed by atoms with Crippen LogP contribution in [0.3, 0.4) is 0 Å². The lowest BCUT2D eigenvalue weighted by Crippen LogP contribution is -1.92. The van der Waals surface area contributed by atoms with Crippen molar-refractivity contribution in [2.75, 3.05) is 0 Å². The van der Waals surface area contributed by atoms with E-state index in [-0.39, 0.29) is 10.6 Å². The van der Waals surface area contributed by atoms with Crippen LogP contribution in [0.1, 0.15) is 38.2 Å². The largest absolute Gasteiger partial charge is 0.278 e. The summed E-state index contributed by atoms with van der Waals surface area (Å²) in [4.78, 5) is 10.8. The molecule has 0 atom stereocenters. The second kappa shape index (κ2) is 7.95. The van der Waals surface area contributed by atoms with Crippen molar-refractivity contribution in [3.05, 3.63) is 63.2 Å². The molecule has 0 amide bonds. The van der Waals surface area contributed by atoms with Crippen molar-refractivity contribution in [3.63, 3.8) is 0 Å². The number of rotatable bonds is 7. The lowest BCUT2D eigenvalue weighted by Gasteiger charge is -2.06. The van der Waals surface area contributed by atoms with E-state index in [0.717, 1.165) is 12.0 Å². The second-order valence-electron chi connectivity index (χ2n) is 5.43. The SMILES string of the molecule is CCCCCCc1ccc(-c2ccc(Cl)cc2[N+](=O)[O-])cc1. The van der Waals surface area contributed by atoms with Crippen LogP contribution < -0.4 is 0 Å². The summed E-state index contributed by atoms with van der Waals surface area (Å²) in [6, 6.07) is 12.8. The number of aryl methyl sites for hydroxylation is 1. The molecule has 2 rings (SSSR count). The van der Waals surface area contributed by atoms with Crippen molar-refractivity contribution in [1.29, 1.82) is 0 Å². The Kier molecular flexibility index (Phi) is 5.96. The van der Waals surface area contributed by atoms with Crippen LogP contribution in [0.2, 0.25) is 5.02 Å². The molecule has 0 aliphatic heterocycles. The molecule has 116 valence electrons. The summed E-state index contributed by atoms with van der Waals surface area (Å²) in [6.07, 6.45) is 6.01. The molecule has 0 aliphatic carbocycles. The van der Waals surface area contributed by atoms with Gasteiger partial charge in [-0.1, -0.05) is 62.1 Å². The van der Waals surface area contributed by atoms with Crippen molar-refractivity contribution < 1.29 is 4.92 Å². The lowest BCUT2D eigenvalue weighted by molar-refractivity contribution is -0.384. The zero-order valence-electron chi connectivity index (χ0n) is 12.7. The van der Waals surface area contributed by atoms with Gasteiger partial charge in [-0.2, -0.15) is 0 Å². The fraction of sp³-hybridized carbons (Fsp3) is 0.333. The Morgan fingerprint density at radius 2 is 1.77 bits per heavy atom. The van der Waals surface area contributed by atoms with Crippen molar-refractivity contribution in [2.24, 2.45) is 0 Å². The van der Waals surface area contributed by atoms with Crippen LogP contribution >= 0.6 is 11.6 Å². The van der Waals surface area contributed by atoms with Crippen LogP contribution in [0.25, 0.3) is 11.1 Å². The first-order valence-corrected chi connectivity index (χ1v) is 8.03. The van der Waals surface area contributed by atoms with E-state index in [1.54, 1.807) is 12.1 Å². The van der Waals surface area contributed by atoms with Gasteiger partial charge in [-0.05, 0) is 36.1 Å². The van der Waals surface area contributed by atoms with Gasteiger partial charge in [0.2, 0.25) is 0 Å². The van der Waals surface area contributed by atoms with Crippen molar-refractivity contribution in [1.82, 2.24) is 0 Å². The molecule has 22 heavy (non-hydrogen) atoms. The molecule has 2 aromatic carbocycles. The Hall–Kier alpha value is -1.87. The Morgan fingerprint density at radius 1 is 1.05 bits per heavy atom. The highest BCUT2D eigenvalue weighted by molar-refractivity contribution is 6.30. The standard InChI is InChI=1S/C18H20ClNO2/c1-2-3-4-5-6-14-7-9-15(10-8-14)17-12-11-16(19)13-18(17)20(21)22/h7-13H,2-6H2,1H3. The number of hydrogen-bond acceptors (Lipinski definition) is 2. The van der Waals surface area contributed by atoms with Crippen LogP contribution in [0.15, 0.2) is 42.5 Å². The molecule has 0 unspecified atom stereocenters. The molecule has 0 aromatic heterocycles. The van der Waals surface area contributed by atoms with Crippen molar-refractivity contribution in [2.45, 2.75) is 39.0 Å². The molecule has 0 N–H and O–H groups in total. The highest BCUT2D eigenvalue weighted by Gasteiger charge is 2.15. The summed E-state index contributed by atoms with van der Waals surface area (Å²) < 4.78 is 0. The second-order valence-corrected chi connectivity index (χ2v) is 5.86. The smallest absolute Gasteiger partial charge is 0.258 e. The lowest BCUT2D eigenvalue weighted by atomic mass is 10.00. The maximum atomic E-state index is 11.2. The maximum absolute atomic E-state index is 11.2. The minimum Gasteiger partial charge on any atom is -0.258 e. The molecule has 0 fully saturated rings. The zero-order chi connectivity index (χ0) is 15.9. The number of nitro groups is 1. The van der Waals surface area contributed by atoms with Gasteiger partial charge < -0.3 is 0 Å². The van der Waals surface area contributed by atoms with Gasteiger partial charge >= 0.3 is 0 Å². The molecule has 0 heterocycles. The third kappa shape index (κ3) is 4.31. The van der Waals surface area contributed by atoms with Gasteiger partial charge in [-0.15, -0.1) is 0 Å². The van der Waals surface area contributed by atoms with Gasteiger partial charge in [0.15, 0.2) is 0 Å². The quantitative estimate of drug-likeness (QED) is 0.355. The van der Waals surface area contributed by atoms with Crippen LogP contribution in [0.5, 0.6) is 0 Å². The molecular formula is C18H20ClNO2. The Balaban J connectivity index is 2.15. The van der Waals surface area contributed by atoms with Crippen LogP contribution in [-0.2, 0) is 6.42 Å². The van der Waals surface area contributed by atoms with Gasteiger partial charge in [0, 0.05) is 11.1 Å². The van der Waals surface area contributed by atoms with Gasteiger partial charge in [-0.25, -0.2) is 0 Å². The average Bonchev–Trinajstić information content (AvgIpc) is 2.52. The monoisotopic (exact) mass is 317 g/mol. The van der Waals surface area contributed by atoms with E-state index >= 15 is 0 Å². The number of nitro benzene ring substituents is 1. The number of benzene rings is 2. The summed E-state index contributed by atoms with van der Waals surface area (Å²) in [6.45, 7) is 2.20. The Bertz CT molecular complexity index is 638. The summed E-state index contributed by atoms with van der Waals surface area (Å²) in [5, 5.41) is 11.5. The highest BCUT2D eigenvalue weighted by Crippen LogP contribution is 2.32. The van der Waals surface area contributed by atoms with Gasteiger partial charge in [0.05, 0.1) is 10.5 Å². The maximum Gasteiger partial charge on any atom is 0.278 e. The summed E-state index contributed by atoms with van der Waals surface area (Å²) in [7, 11) is 0. The fourth-order valence-corrected chi connectivity index (χ4v) is 2.67. The van der Waals surface area contributed by atoms with E-state index in [4.69, 9.17) is 11.6 Å². The summed E-state index contributed by atoms with van der Waals surface area (Å²) in [5.74, 6) is 0. The highest BCUT2D eigenvalue weighted by atomic mass is 35.5. The molecule has 0 aliphatic rings. The molecule has 0 saturated carbocycles. The van der Waals surface area contributed by atoms with Crippen molar-refractivity contribution >= 4 is 17.3 Å². The minimum atomic E-state index is -0.389. The van der Waals surface area contributed by atoms with Gasteiger partial charge in [-0.3, -0.25) is 10.1 Å². The number of nitrogens with zero attached hydrogens (tertiary/aromatic N) is 1. The summed E-state index contributed by atoms with van der Waals surface area (Å²) >= 11 is 5.85. The van der Waals surface area contributed by atoms with Crippen LogP contribution in [0.4, 0.5) is 5.69 Å². The third-order valence-corrected chi connectivity index (χ3v) is 3.98. The molecule has 0 radical (unpaired) electrons. The Labute approximate surface area is 136 Å². The molecule has 0 saturated heterocycles. The predicted molar refractivity (Wildman–Crippen MR) is 91.4 cm³/mol. The summed E-state index contributed by atoms with van der Waals surface area (Å²) in [5.41, 5.74) is 2.77. The molecule has 2 aromatic rings. The zero-order valence-corrected chi connectivity index (χ0v) is 13.5. The van der Waals surface area contributed by atoms with Crippen LogP contribution in [-0.4, -0.2) is 4.92 Å². The first kappa shape index (κ1) is 16.5. The van der Waals surface area contributed by atoms with Gasteiger partial charge in [0.1, 0.15) is 0 Å². The topological polar surface area (TPSA) is 43.1 Å². The third-order valence-electron chi connectivity index (χ3n) is 3.74. The van der Waals surface area contributed by atoms with E-state index in [2.05, 4.69) is 19.1 Å². The van der Waals surface area contributed by atoms with Gasteiger partial charge in [0.25, 0.3) is 5.69 Å². The molecule has 3 nitrogen and oxygen atoms in total. The molecule has 0 bridgehead atoms. The van der Waals surface area contributed by atoms with E-state index < -0.39 is 0 Å². The van der Waals surface area contributed by atoms with Crippen LogP contribution in [0, 0.1) is 10.1 Å². The first-order chi connectivity index (χ1) is 10.6. The van der Waals surface area contributed by atoms with E-state index in [9.17, 15) is 10.1 Å². The minimum absolute atomic E-state index is 0.0446. The van der Waals surface area contributed by atoms with E-state index in [0.29, 0.717) is 10.6 Å². The number of halogens is 1. The van der Waals surface area contributed by atoms with E-state index in [1.807, 2.05) is 12.1 Å². The number of unbranched alkanes of at least 4 members (excludes halogenated alkanes) is 3. The van der Waals surface area contributed by atoms with Crippen molar-refractivity contribution in [3.8, 4) is 11.1 Å². The average molecular weight is 318 g/mol. The van der Waals surface area contributed by atoms with E-state index in [1.165, 1.54) is 37.3 Å². The molecule has 4 heteroatoms. The first-order valence-electron chi connectivity index (χ1n) is 7.65. The fourth-order valence-electron chi connectivity index (χ4n) is 2.51. The normalized spacial score (nSPS) is 10.6. The molecule has 0 spiro atoms. The number of hydrogen-bond donors (Lipinski definition) is 0.